The van der Waals surface area contributed by atoms with Crippen molar-refractivity contribution in [3.05, 3.63) is 28.2 Å². The highest BCUT2D eigenvalue weighted by molar-refractivity contribution is 8.03. The largest absolute Gasteiger partial charge is 0.481 e. The molecule has 0 aliphatic carbocycles. The number of hydrogen-bond acceptors (Lipinski definition) is 9. The summed E-state index contributed by atoms with van der Waals surface area (Å²) in [5, 5.41) is 10.6. The summed E-state index contributed by atoms with van der Waals surface area (Å²) in [7, 11) is -10.1. The summed E-state index contributed by atoms with van der Waals surface area (Å²) in [4.78, 5) is 37.0. The van der Waals surface area contributed by atoms with E-state index in [4.69, 9.17) is 20.0 Å². The molecule has 1 aliphatic heterocycles. The van der Waals surface area contributed by atoms with Gasteiger partial charge in [-0.3, -0.25) is 9.42 Å². The number of nitrogen functional groups attached to an aromatic ring is 1. The van der Waals surface area contributed by atoms with Crippen molar-refractivity contribution in [3.63, 3.8) is 0 Å². The molecule has 7 N–H and O–H groups in total. The summed E-state index contributed by atoms with van der Waals surface area (Å²) in [6.45, 7) is 7.80. The monoisotopic (exact) mass is 513 g/mol. The molecule has 15 heteroatoms. The molecular formula is C17H31N4O8P2S+. The molecule has 0 saturated carbocycles. The molecule has 0 fully saturated rings. The van der Waals surface area contributed by atoms with E-state index in [0.29, 0.717) is 24.6 Å². The Morgan fingerprint density at radius 3 is 2.50 bits per heavy atom. The fourth-order valence-corrected chi connectivity index (χ4v) is 6.44. The number of hydrogen-bond donors (Lipinski definition) is 6. The number of phosphoric acid groups is 2. The lowest BCUT2D eigenvalue weighted by molar-refractivity contribution is -0.887. The predicted octanol–water partition coefficient (Wildman–Crippen LogP) is 1.08. The quantitative estimate of drug-likeness (QED) is 0.231. The summed E-state index contributed by atoms with van der Waals surface area (Å²) in [5.41, 5.74) is 7.69. The van der Waals surface area contributed by atoms with Gasteiger partial charge in [0.15, 0.2) is 5.37 Å². The first-order chi connectivity index (χ1) is 14.7. The van der Waals surface area contributed by atoms with E-state index in [1.54, 1.807) is 13.1 Å². The van der Waals surface area contributed by atoms with Crippen molar-refractivity contribution in [2.24, 2.45) is 5.92 Å². The van der Waals surface area contributed by atoms with Crippen LogP contribution in [0.2, 0.25) is 0 Å². The van der Waals surface area contributed by atoms with Crippen molar-refractivity contribution >= 4 is 33.2 Å². The van der Waals surface area contributed by atoms with Crippen LogP contribution in [0.5, 0.6) is 0 Å². The minimum absolute atomic E-state index is 0.194. The predicted molar refractivity (Wildman–Crippen MR) is 119 cm³/mol. The molecule has 4 atom stereocenters. The van der Waals surface area contributed by atoms with Crippen LogP contribution < -0.4 is 10.6 Å². The molecule has 0 spiro atoms. The number of nitrogens with zero attached hydrogens (tertiary/aromatic N) is 2. The van der Waals surface area contributed by atoms with E-state index in [9.17, 15) is 19.1 Å². The molecule has 32 heavy (non-hydrogen) atoms. The third kappa shape index (κ3) is 8.18. The van der Waals surface area contributed by atoms with E-state index in [2.05, 4.69) is 14.3 Å². The van der Waals surface area contributed by atoms with Gasteiger partial charge in [-0.25, -0.2) is 19.1 Å². The number of aryl methyl sites for hydroxylation is 1. The lowest BCUT2D eigenvalue weighted by atomic mass is 10.0. The van der Waals surface area contributed by atoms with Crippen LogP contribution >= 0.6 is 27.4 Å². The molecule has 0 aromatic carbocycles. The molecule has 4 unspecified atom stereocenters. The average Bonchev–Trinajstić information content (AvgIpc) is 2.91. The lowest BCUT2D eigenvalue weighted by Crippen LogP contribution is -3.12. The molecule has 2 rings (SSSR count). The Morgan fingerprint density at radius 2 is 1.94 bits per heavy atom. The lowest BCUT2D eigenvalue weighted by Gasteiger charge is -2.27. The number of nitrogens with two attached hydrogens (primary N) is 1. The fraction of sp³-hybridized carbons (Fsp3) is 0.647. The second-order valence-corrected chi connectivity index (χ2v) is 12.0. The second-order valence-electron chi connectivity index (χ2n) is 7.94. The highest BCUT2D eigenvalue weighted by Crippen LogP contribution is 2.57. The van der Waals surface area contributed by atoms with Gasteiger partial charge < -0.3 is 25.5 Å². The van der Waals surface area contributed by atoms with E-state index in [1.807, 2.05) is 20.8 Å². The second kappa shape index (κ2) is 11.1. The van der Waals surface area contributed by atoms with Crippen LogP contribution in [-0.4, -0.2) is 47.8 Å². The Bertz CT molecular complexity index is 941. The van der Waals surface area contributed by atoms with Gasteiger partial charge in [-0.2, -0.15) is 4.31 Å². The Hall–Kier alpha value is -0.850. The van der Waals surface area contributed by atoms with Gasteiger partial charge >= 0.3 is 15.6 Å². The van der Waals surface area contributed by atoms with Crippen LogP contribution in [0.1, 0.15) is 45.0 Å². The van der Waals surface area contributed by atoms with Gasteiger partial charge in [-0.15, -0.1) is 0 Å². The molecule has 1 aliphatic rings. The maximum Gasteiger partial charge on any atom is 0.481 e. The minimum atomic E-state index is -5.17. The summed E-state index contributed by atoms with van der Waals surface area (Å²) in [6.07, 6.45) is 1.81. The van der Waals surface area contributed by atoms with Gasteiger partial charge in [0, 0.05) is 24.4 Å². The van der Waals surface area contributed by atoms with Crippen LogP contribution in [0.3, 0.4) is 0 Å². The van der Waals surface area contributed by atoms with E-state index >= 15 is 0 Å². The number of aromatic nitrogens is 2. The SMILES string of the molecule is CC1=C(CCOP(=O)(O)OP(=O)(O)O)SC(C(O)CC(C)C)[NH+]1Cc1cnc(C)nc1N. The number of quaternary nitrogens is 1. The van der Waals surface area contributed by atoms with Crippen LogP contribution in [0.4, 0.5) is 5.82 Å². The van der Waals surface area contributed by atoms with Gasteiger partial charge in [0.2, 0.25) is 0 Å². The van der Waals surface area contributed by atoms with Gasteiger partial charge in [-0.1, -0.05) is 25.6 Å². The van der Waals surface area contributed by atoms with Crippen LogP contribution in [0.25, 0.3) is 0 Å². The van der Waals surface area contributed by atoms with E-state index in [-0.39, 0.29) is 24.3 Å². The molecule has 2 heterocycles. The highest BCUT2D eigenvalue weighted by atomic mass is 32.2. The minimum Gasteiger partial charge on any atom is -0.386 e. The average molecular weight is 513 g/mol. The van der Waals surface area contributed by atoms with Gasteiger partial charge in [0.05, 0.1) is 12.2 Å². The fourth-order valence-electron chi connectivity index (χ4n) is 3.37. The number of thioether (sulfide) groups is 1. The molecule has 0 saturated heterocycles. The number of aliphatic hydroxyl groups is 1. The van der Waals surface area contributed by atoms with E-state index in [1.165, 1.54) is 11.8 Å². The van der Waals surface area contributed by atoms with Gasteiger partial charge in [0.25, 0.3) is 0 Å². The molecule has 12 nitrogen and oxygen atoms in total. The number of allylic oxidation sites excluding steroid dienone is 1. The van der Waals surface area contributed by atoms with Crippen molar-refractivity contribution in [1.82, 2.24) is 9.97 Å². The molecule has 1 aromatic heterocycles. The summed E-state index contributed by atoms with van der Waals surface area (Å²) >= 11 is 1.43. The topological polar surface area (TPSA) is 190 Å². The Labute approximate surface area is 191 Å². The van der Waals surface area contributed by atoms with E-state index < -0.39 is 21.7 Å². The van der Waals surface area contributed by atoms with Crippen molar-refractivity contribution in [2.45, 2.75) is 58.6 Å². The zero-order chi connectivity index (χ0) is 24.3. The number of rotatable bonds is 11. The molecule has 0 radical (unpaired) electrons. The summed E-state index contributed by atoms with van der Waals surface area (Å²) in [6, 6.07) is 0. The zero-order valence-corrected chi connectivity index (χ0v) is 20.9. The maximum absolute atomic E-state index is 11.7. The normalized spacial score (nSPS) is 22.4. The number of anilines is 1. The molecule has 0 bridgehead atoms. The maximum atomic E-state index is 11.7. The smallest absolute Gasteiger partial charge is 0.386 e. The zero-order valence-electron chi connectivity index (χ0n) is 18.3. The third-order valence-electron chi connectivity index (χ3n) is 4.77. The number of aliphatic hydroxyl groups excluding tert-OH is 1. The molecular weight excluding hydrogens is 482 g/mol. The van der Waals surface area contributed by atoms with Crippen LogP contribution in [-0.2, 0) is 24.5 Å². The van der Waals surface area contributed by atoms with Crippen LogP contribution in [0, 0.1) is 12.8 Å². The van der Waals surface area contributed by atoms with Gasteiger partial charge in [-0.05, 0) is 19.3 Å². The number of nitrogens with one attached hydrogen (secondary N) is 1. The summed E-state index contributed by atoms with van der Waals surface area (Å²) in [5.74, 6) is 1.20. The van der Waals surface area contributed by atoms with Crippen LogP contribution in [0.15, 0.2) is 16.8 Å². The Kier molecular flexibility index (Phi) is 9.46. The molecule has 182 valence electrons. The van der Waals surface area contributed by atoms with E-state index in [0.717, 1.165) is 21.1 Å². The van der Waals surface area contributed by atoms with Crippen molar-refractivity contribution in [3.8, 4) is 0 Å². The third-order valence-corrected chi connectivity index (χ3v) is 8.60. The Balaban J connectivity index is 2.17. The van der Waals surface area contributed by atoms with Gasteiger partial charge in [0.1, 0.15) is 30.0 Å². The molecule has 1 aromatic rings. The van der Waals surface area contributed by atoms with Crippen molar-refractivity contribution in [1.29, 1.82) is 0 Å². The number of phosphoric ester groups is 1. The highest BCUT2D eigenvalue weighted by Gasteiger charge is 2.41. The first-order valence-electron chi connectivity index (χ1n) is 9.91. The standard InChI is InChI=1S/C17H30N4O8P2S/c1-10(2)7-14(22)17-21(9-13-8-19-12(4)20-16(13)18)11(3)15(32-17)5-6-28-31(26,27)29-30(23,24)25/h8,10,14,17,22H,5-7,9H2,1-4H3,(H,26,27)(H2,18,19,20)(H2,23,24,25)/p+1. The van der Waals surface area contributed by atoms with Crippen molar-refractivity contribution < 1.29 is 42.7 Å². The Morgan fingerprint density at radius 1 is 1.28 bits per heavy atom. The molecule has 0 amide bonds. The first-order valence-corrected chi connectivity index (χ1v) is 13.8. The first kappa shape index (κ1) is 27.4. The summed E-state index contributed by atoms with van der Waals surface area (Å²) < 4.78 is 31.0. The van der Waals surface area contributed by atoms with Crippen molar-refractivity contribution in [2.75, 3.05) is 12.3 Å².